The summed E-state index contributed by atoms with van der Waals surface area (Å²) in [6.07, 6.45) is 3.12. The summed E-state index contributed by atoms with van der Waals surface area (Å²) in [5.41, 5.74) is 7.12. The standard InChI is InChI=1S/C29H27F2N5O4/c1-17-13-25(40-16-21-22(30)9-6-10-23(21)31)27-33-18(2)26(35(27)15-17)28(37)32-14-19-7-4-5-8-20(19)24-11-12-36(34-24)29(38)39-3/h4-11,13,15,34H,12,14,16H2,1-3H3,(H,32,37). The fourth-order valence-corrected chi connectivity index (χ4v) is 4.57. The van der Waals surface area contributed by atoms with Crippen LogP contribution in [0.25, 0.3) is 11.3 Å². The SMILES string of the molecule is COC(=O)N1CC=C(c2ccccc2CNC(=O)c2c(C)nc3c(OCc4c(F)cccc4F)cc(C)cn23)N1. The van der Waals surface area contributed by atoms with E-state index in [4.69, 9.17) is 9.47 Å². The van der Waals surface area contributed by atoms with Gasteiger partial charge in [0.2, 0.25) is 0 Å². The highest BCUT2D eigenvalue weighted by atomic mass is 19.1. The summed E-state index contributed by atoms with van der Waals surface area (Å²) in [5, 5.41) is 4.30. The monoisotopic (exact) mass is 547 g/mol. The number of pyridine rings is 1. The van der Waals surface area contributed by atoms with Gasteiger partial charge in [-0.2, -0.15) is 0 Å². The van der Waals surface area contributed by atoms with Crippen molar-refractivity contribution in [3.8, 4) is 5.75 Å². The average Bonchev–Trinajstić information content (AvgIpc) is 3.56. The van der Waals surface area contributed by atoms with Crippen LogP contribution in [-0.4, -0.2) is 40.0 Å². The third kappa shape index (κ3) is 5.18. The number of ether oxygens (including phenoxy) is 2. The van der Waals surface area contributed by atoms with Crippen LogP contribution in [0.5, 0.6) is 5.75 Å². The lowest BCUT2D eigenvalue weighted by molar-refractivity contribution is 0.0944. The molecular weight excluding hydrogens is 520 g/mol. The molecule has 3 heterocycles. The third-order valence-corrected chi connectivity index (χ3v) is 6.52. The topological polar surface area (TPSA) is 97.2 Å². The van der Waals surface area contributed by atoms with Crippen LogP contribution in [0.1, 0.15) is 38.4 Å². The molecule has 0 bridgehead atoms. The van der Waals surface area contributed by atoms with Crippen molar-refractivity contribution in [2.24, 2.45) is 0 Å². The zero-order chi connectivity index (χ0) is 28.4. The van der Waals surface area contributed by atoms with Crippen LogP contribution >= 0.6 is 0 Å². The molecule has 0 radical (unpaired) electrons. The first-order valence-electron chi connectivity index (χ1n) is 12.5. The first-order valence-corrected chi connectivity index (χ1v) is 12.5. The Balaban J connectivity index is 1.36. The molecule has 5 rings (SSSR count). The summed E-state index contributed by atoms with van der Waals surface area (Å²) >= 11 is 0. The first kappa shape index (κ1) is 26.7. The minimum absolute atomic E-state index is 0.191. The zero-order valence-electron chi connectivity index (χ0n) is 22.1. The van der Waals surface area contributed by atoms with Crippen molar-refractivity contribution in [3.05, 3.63) is 106 Å². The predicted octanol–water partition coefficient (Wildman–Crippen LogP) is 4.67. The maximum absolute atomic E-state index is 14.1. The number of nitrogens with one attached hydrogen (secondary N) is 2. The van der Waals surface area contributed by atoms with Crippen LogP contribution < -0.4 is 15.5 Å². The number of fused-ring (bicyclic) bond motifs is 1. The highest BCUT2D eigenvalue weighted by Crippen LogP contribution is 2.26. The van der Waals surface area contributed by atoms with Gasteiger partial charge in [0.1, 0.15) is 23.9 Å². The number of hydrogen-bond acceptors (Lipinski definition) is 6. The highest BCUT2D eigenvalue weighted by molar-refractivity contribution is 5.95. The minimum atomic E-state index is -0.704. The number of carbonyl (C=O) groups is 2. The minimum Gasteiger partial charge on any atom is -0.485 e. The first-order chi connectivity index (χ1) is 19.3. The lowest BCUT2D eigenvalue weighted by atomic mass is 10.0. The second-order valence-corrected chi connectivity index (χ2v) is 9.26. The van der Waals surface area contributed by atoms with Crippen LogP contribution in [0.2, 0.25) is 0 Å². The summed E-state index contributed by atoms with van der Waals surface area (Å²) < 4.78 is 40.4. The maximum atomic E-state index is 14.1. The summed E-state index contributed by atoms with van der Waals surface area (Å²) in [7, 11) is 1.31. The lowest BCUT2D eigenvalue weighted by Crippen LogP contribution is -2.37. The second kappa shape index (κ2) is 11.0. The number of carbonyl (C=O) groups excluding carboxylic acids is 2. The van der Waals surface area contributed by atoms with Gasteiger partial charge in [0.25, 0.3) is 5.91 Å². The van der Waals surface area contributed by atoms with Gasteiger partial charge in [-0.1, -0.05) is 30.3 Å². The number of rotatable bonds is 7. The highest BCUT2D eigenvalue weighted by Gasteiger charge is 2.23. The Morgan fingerprint density at radius 1 is 1.10 bits per heavy atom. The maximum Gasteiger partial charge on any atom is 0.428 e. The van der Waals surface area contributed by atoms with E-state index in [1.165, 1.54) is 30.3 Å². The van der Waals surface area contributed by atoms with Crippen LogP contribution in [0.4, 0.5) is 13.6 Å². The van der Waals surface area contributed by atoms with Crippen molar-refractivity contribution in [3.63, 3.8) is 0 Å². The quantitative estimate of drug-likeness (QED) is 0.349. The summed E-state index contributed by atoms with van der Waals surface area (Å²) in [6.45, 7) is 3.75. The van der Waals surface area contributed by atoms with Gasteiger partial charge >= 0.3 is 6.09 Å². The molecule has 40 heavy (non-hydrogen) atoms. The number of aromatic nitrogens is 2. The number of halogens is 2. The number of hydrazine groups is 1. The molecule has 0 aliphatic carbocycles. The van der Waals surface area contributed by atoms with Gasteiger partial charge in [-0.15, -0.1) is 0 Å². The molecule has 0 saturated carbocycles. The van der Waals surface area contributed by atoms with Gasteiger partial charge in [-0.25, -0.2) is 23.6 Å². The van der Waals surface area contributed by atoms with Crippen molar-refractivity contribution < 1.29 is 27.8 Å². The number of aryl methyl sites for hydroxylation is 2. The molecule has 0 fully saturated rings. The van der Waals surface area contributed by atoms with E-state index in [9.17, 15) is 18.4 Å². The molecule has 2 aromatic carbocycles. The number of imidazole rings is 1. The van der Waals surface area contributed by atoms with Gasteiger partial charge in [-0.3, -0.25) is 14.6 Å². The number of nitrogens with zero attached hydrogens (tertiary/aromatic N) is 3. The molecule has 206 valence electrons. The molecule has 2 N–H and O–H groups in total. The van der Waals surface area contributed by atoms with Crippen LogP contribution in [0, 0.1) is 25.5 Å². The van der Waals surface area contributed by atoms with E-state index in [1.807, 2.05) is 37.3 Å². The Morgan fingerprint density at radius 2 is 1.85 bits per heavy atom. The molecule has 2 amide bonds. The van der Waals surface area contributed by atoms with Crippen molar-refractivity contribution in [2.45, 2.75) is 27.0 Å². The molecule has 9 nitrogen and oxygen atoms in total. The Labute approximate surface area is 229 Å². The molecule has 0 atom stereocenters. The van der Waals surface area contributed by atoms with E-state index in [-0.39, 0.29) is 24.6 Å². The molecule has 1 aliphatic rings. The van der Waals surface area contributed by atoms with Gasteiger partial charge in [0.15, 0.2) is 11.4 Å². The summed E-state index contributed by atoms with van der Waals surface area (Å²) in [6, 6.07) is 12.9. The Morgan fingerprint density at radius 3 is 2.60 bits per heavy atom. The van der Waals surface area contributed by atoms with Crippen molar-refractivity contribution >= 4 is 23.3 Å². The van der Waals surface area contributed by atoms with E-state index < -0.39 is 17.7 Å². The zero-order valence-corrected chi connectivity index (χ0v) is 22.1. The Bertz CT molecular complexity index is 1630. The van der Waals surface area contributed by atoms with Gasteiger partial charge in [-0.05, 0) is 49.2 Å². The molecule has 0 unspecified atom stereocenters. The van der Waals surface area contributed by atoms with Crippen LogP contribution in [0.3, 0.4) is 0 Å². The molecule has 1 aliphatic heterocycles. The largest absolute Gasteiger partial charge is 0.485 e. The molecule has 0 saturated heterocycles. The van der Waals surface area contributed by atoms with Crippen molar-refractivity contribution in [1.29, 1.82) is 0 Å². The molecule has 0 spiro atoms. The second-order valence-electron chi connectivity index (χ2n) is 9.26. The average molecular weight is 548 g/mol. The van der Waals surface area contributed by atoms with Crippen molar-refractivity contribution in [2.75, 3.05) is 13.7 Å². The van der Waals surface area contributed by atoms with E-state index in [2.05, 4.69) is 15.7 Å². The van der Waals surface area contributed by atoms with Gasteiger partial charge in [0, 0.05) is 18.3 Å². The van der Waals surface area contributed by atoms with E-state index in [0.717, 1.165) is 22.4 Å². The summed E-state index contributed by atoms with van der Waals surface area (Å²) in [5.74, 6) is -1.47. The molecule has 11 heteroatoms. The van der Waals surface area contributed by atoms with E-state index in [0.29, 0.717) is 29.3 Å². The van der Waals surface area contributed by atoms with Crippen molar-refractivity contribution in [1.82, 2.24) is 25.1 Å². The number of methoxy groups -OCH3 is 1. The molecular formula is C29H27F2N5O4. The van der Waals surface area contributed by atoms with E-state index in [1.54, 1.807) is 23.6 Å². The smallest absolute Gasteiger partial charge is 0.428 e. The third-order valence-electron chi connectivity index (χ3n) is 6.52. The molecule has 2 aromatic heterocycles. The lowest BCUT2D eigenvalue weighted by Gasteiger charge is -2.18. The Kier molecular flexibility index (Phi) is 7.37. The molecule has 4 aromatic rings. The van der Waals surface area contributed by atoms with Gasteiger partial charge < -0.3 is 14.8 Å². The normalized spacial score (nSPS) is 12.7. The number of amides is 2. The van der Waals surface area contributed by atoms with E-state index >= 15 is 0 Å². The predicted molar refractivity (Wildman–Crippen MR) is 143 cm³/mol. The fraction of sp³-hybridized carbons (Fsp3) is 0.207. The number of benzene rings is 2. The van der Waals surface area contributed by atoms with Crippen LogP contribution in [0.15, 0.2) is 60.8 Å². The van der Waals surface area contributed by atoms with Gasteiger partial charge in [0.05, 0.1) is 30.6 Å². The summed E-state index contributed by atoms with van der Waals surface area (Å²) in [4.78, 5) is 29.8. The Hall–Kier alpha value is -4.93. The number of hydrogen-bond donors (Lipinski definition) is 2. The van der Waals surface area contributed by atoms with Crippen LogP contribution in [-0.2, 0) is 17.9 Å². The fourth-order valence-electron chi connectivity index (χ4n) is 4.57.